The summed E-state index contributed by atoms with van der Waals surface area (Å²) in [5, 5.41) is 3.23. The van der Waals surface area contributed by atoms with Crippen LogP contribution in [0.4, 0.5) is 4.79 Å². The van der Waals surface area contributed by atoms with Crippen molar-refractivity contribution in [1.29, 1.82) is 0 Å². The minimum Gasteiger partial charge on any atom is -0.465 e. The largest absolute Gasteiger partial charge is 0.465 e. The number of amides is 1. The van der Waals surface area contributed by atoms with Crippen molar-refractivity contribution in [3.63, 3.8) is 0 Å². The summed E-state index contributed by atoms with van der Waals surface area (Å²) in [4.78, 5) is 26.0. The standard InChI is InChI=1S/C14H24N2O4/c1-5-19-11(17)14-8-15-6-10(14)7-16(9-14)12(18)20-13(2,3)4/h10,15H,5-9H2,1-4H3. The second-order valence-electron chi connectivity index (χ2n) is 6.57. The van der Waals surface area contributed by atoms with Crippen molar-refractivity contribution >= 4 is 12.1 Å². The van der Waals surface area contributed by atoms with Crippen LogP contribution in [0.5, 0.6) is 0 Å². The third kappa shape index (κ3) is 2.75. The zero-order valence-corrected chi connectivity index (χ0v) is 12.7. The molecule has 0 spiro atoms. The summed E-state index contributed by atoms with van der Waals surface area (Å²) in [5.41, 5.74) is -1.13. The lowest BCUT2D eigenvalue weighted by Gasteiger charge is -2.27. The van der Waals surface area contributed by atoms with Gasteiger partial charge >= 0.3 is 12.1 Å². The predicted octanol–water partition coefficient (Wildman–Crippen LogP) is 1.01. The number of nitrogens with zero attached hydrogens (tertiary/aromatic N) is 1. The molecule has 6 heteroatoms. The molecule has 0 saturated carbocycles. The van der Waals surface area contributed by atoms with Gasteiger partial charge in [0.15, 0.2) is 0 Å². The van der Waals surface area contributed by atoms with E-state index in [0.29, 0.717) is 26.2 Å². The number of esters is 1. The number of rotatable bonds is 2. The van der Waals surface area contributed by atoms with Gasteiger partial charge in [-0.25, -0.2) is 4.79 Å². The first-order chi connectivity index (χ1) is 9.28. The highest BCUT2D eigenvalue weighted by atomic mass is 16.6. The minimum atomic E-state index is -0.604. The fourth-order valence-electron chi connectivity index (χ4n) is 2.95. The first-order valence-corrected chi connectivity index (χ1v) is 7.14. The molecule has 2 atom stereocenters. The molecule has 2 unspecified atom stereocenters. The van der Waals surface area contributed by atoms with E-state index in [1.165, 1.54) is 0 Å². The summed E-state index contributed by atoms with van der Waals surface area (Å²) in [5.74, 6) is -0.102. The third-order valence-electron chi connectivity index (χ3n) is 3.86. The van der Waals surface area contributed by atoms with E-state index in [9.17, 15) is 9.59 Å². The molecule has 0 aromatic rings. The Bertz CT molecular complexity index is 404. The Morgan fingerprint density at radius 2 is 2.10 bits per heavy atom. The minimum absolute atomic E-state index is 0.106. The van der Waals surface area contributed by atoms with Gasteiger partial charge in [-0.15, -0.1) is 0 Å². The first kappa shape index (κ1) is 15.1. The van der Waals surface area contributed by atoms with Gasteiger partial charge in [-0.1, -0.05) is 0 Å². The van der Waals surface area contributed by atoms with Gasteiger partial charge in [0.05, 0.1) is 6.61 Å². The Morgan fingerprint density at radius 3 is 2.70 bits per heavy atom. The fraction of sp³-hybridized carbons (Fsp3) is 0.857. The lowest BCUT2D eigenvalue weighted by molar-refractivity contribution is -0.155. The molecule has 1 N–H and O–H groups in total. The summed E-state index contributed by atoms with van der Waals surface area (Å²) >= 11 is 0. The normalized spacial score (nSPS) is 29.2. The van der Waals surface area contributed by atoms with E-state index >= 15 is 0 Å². The summed E-state index contributed by atoms with van der Waals surface area (Å²) in [6.45, 7) is 9.89. The van der Waals surface area contributed by atoms with Crippen LogP contribution in [0.25, 0.3) is 0 Å². The van der Waals surface area contributed by atoms with Crippen molar-refractivity contribution in [3.8, 4) is 0 Å². The molecule has 2 fully saturated rings. The van der Waals surface area contributed by atoms with Crippen LogP contribution < -0.4 is 5.32 Å². The number of likely N-dealkylation sites (tertiary alicyclic amines) is 1. The smallest absolute Gasteiger partial charge is 0.410 e. The molecule has 1 amide bonds. The molecular formula is C14H24N2O4. The number of hydrogen-bond acceptors (Lipinski definition) is 5. The number of carbonyl (C=O) groups excluding carboxylic acids is 2. The van der Waals surface area contributed by atoms with Gasteiger partial charge in [-0.05, 0) is 27.7 Å². The van der Waals surface area contributed by atoms with Crippen LogP contribution >= 0.6 is 0 Å². The van der Waals surface area contributed by atoms with Crippen molar-refractivity contribution in [2.24, 2.45) is 11.3 Å². The lowest BCUT2D eigenvalue weighted by atomic mass is 9.81. The molecule has 2 saturated heterocycles. The van der Waals surface area contributed by atoms with E-state index in [1.54, 1.807) is 11.8 Å². The van der Waals surface area contributed by atoms with Crippen LogP contribution in [-0.4, -0.2) is 55.3 Å². The van der Waals surface area contributed by atoms with Crippen LogP contribution in [0.1, 0.15) is 27.7 Å². The molecular weight excluding hydrogens is 260 g/mol. The Kier molecular flexibility index (Phi) is 3.95. The van der Waals surface area contributed by atoms with Gasteiger partial charge in [0, 0.05) is 32.1 Å². The van der Waals surface area contributed by atoms with Gasteiger partial charge in [0.2, 0.25) is 0 Å². The quantitative estimate of drug-likeness (QED) is 0.766. The number of nitrogens with one attached hydrogen (secondary N) is 1. The maximum absolute atomic E-state index is 12.3. The van der Waals surface area contributed by atoms with Gasteiger partial charge < -0.3 is 19.7 Å². The van der Waals surface area contributed by atoms with E-state index in [-0.39, 0.29) is 18.0 Å². The third-order valence-corrected chi connectivity index (χ3v) is 3.86. The number of ether oxygens (including phenoxy) is 2. The summed E-state index contributed by atoms with van der Waals surface area (Å²) in [6.07, 6.45) is -0.351. The van der Waals surface area contributed by atoms with Gasteiger partial charge in [0.25, 0.3) is 0 Å². The second kappa shape index (κ2) is 5.24. The molecule has 2 heterocycles. The SMILES string of the molecule is CCOC(=O)C12CNCC1CN(C(=O)OC(C)(C)C)C2. The lowest BCUT2D eigenvalue weighted by Crippen LogP contribution is -2.43. The zero-order chi connectivity index (χ0) is 15.0. The predicted molar refractivity (Wildman–Crippen MR) is 73.2 cm³/mol. The molecule has 2 aliphatic rings. The Labute approximate surface area is 119 Å². The highest BCUT2D eigenvalue weighted by Crippen LogP contribution is 2.40. The molecule has 0 aliphatic carbocycles. The molecule has 114 valence electrons. The van der Waals surface area contributed by atoms with E-state index < -0.39 is 11.0 Å². The highest BCUT2D eigenvalue weighted by Gasteiger charge is 2.57. The zero-order valence-electron chi connectivity index (χ0n) is 12.7. The van der Waals surface area contributed by atoms with Crippen LogP contribution in [0.2, 0.25) is 0 Å². The molecule has 2 aliphatic heterocycles. The van der Waals surface area contributed by atoms with Crippen LogP contribution in [0.15, 0.2) is 0 Å². The van der Waals surface area contributed by atoms with Crippen LogP contribution in [0.3, 0.4) is 0 Å². The van der Waals surface area contributed by atoms with E-state index in [2.05, 4.69) is 5.32 Å². The number of carbonyl (C=O) groups is 2. The van der Waals surface area contributed by atoms with Gasteiger partial charge in [0.1, 0.15) is 11.0 Å². The second-order valence-corrected chi connectivity index (χ2v) is 6.57. The van der Waals surface area contributed by atoms with Crippen molar-refractivity contribution in [2.75, 3.05) is 32.8 Å². The van der Waals surface area contributed by atoms with Crippen molar-refractivity contribution in [1.82, 2.24) is 10.2 Å². The summed E-state index contributed by atoms with van der Waals surface area (Å²) < 4.78 is 10.6. The van der Waals surface area contributed by atoms with E-state index in [0.717, 1.165) is 6.54 Å². The maximum atomic E-state index is 12.3. The average molecular weight is 284 g/mol. The molecule has 0 aromatic heterocycles. The van der Waals surface area contributed by atoms with Crippen LogP contribution in [0, 0.1) is 11.3 Å². The van der Waals surface area contributed by atoms with Crippen molar-refractivity contribution in [3.05, 3.63) is 0 Å². The Hall–Kier alpha value is -1.30. The van der Waals surface area contributed by atoms with E-state index in [1.807, 2.05) is 20.8 Å². The highest BCUT2D eigenvalue weighted by molar-refractivity contribution is 5.81. The number of hydrogen-bond donors (Lipinski definition) is 1. The fourth-order valence-corrected chi connectivity index (χ4v) is 2.95. The molecule has 6 nitrogen and oxygen atoms in total. The summed E-state index contributed by atoms with van der Waals surface area (Å²) in [7, 11) is 0. The Balaban J connectivity index is 2.08. The van der Waals surface area contributed by atoms with Crippen molar-refractivity contribution in [2.45, 2.75) is 33.3 Å². The summed E-state index contributed by atoms with van der Waals surface area (Å²) in [6, 6.07) is 0. The molecule has 0 aromatic carbocycles. The number of fused-ring (bicyclic) bond motifs is 1. The van der Waals surface area contributed by atoms with Crippen molar-refractivity contribution < 1.29 is 19.1 Å². The Morgan fingerprint density at radius 1 is 1.40 bits per heavy atom. The molecule has 20 heavy (non-hydrogen) atoms. The molecule has 0 bridgehead atoms. The molecule has 0 radical (unpaired) electrons. The van der Waals surface area contributed by atoms with Gasteiger partial charge in [-0.3, -0.25) is 4.79 Å². The molecule has 2 rings (SSSR count). The monoisotopic (exact) mass is 284 g/mol. The topological polar surface area (TPSA) is 67.9 Å². The average Bonchev–Trinajstić information content (AvgIpc) is 2.83. The first-order valence-electron chi connectivity index (χ1n) is 7.14. The van der Waals surface area contributed by atoms with Gasteiger partial charge in [-0.2, -0.15) is 0 Å². The maximum Gasteiger partial charge on any atom is 0.410 e. The van der Waals surface area contributed by atoms with E-state index in [4.69, 9.17) is 9.47 Å². The van der Waals surface area contributed by atoms with Crippen LogP contribution in [-0.2, 0) is 14.3 Å².